The van der Waals surface area contributed by atoms with E-state index in [9.17, 15) is 0 Å². The van der Waals surface area contributed by atoms with E-state index in [1.165, 1.54) is 31.4 Å². The zero-order valence-corrected chi connectivity index (χ0v) is 8.41. The first-order valence-electron chi connectivity index (χ1n) is 4.70. The van der Waals surface area contributed by atoms with Gasteiger partial charge >= 0.3 is 0 Å². The van der Waals surface area contributed by atoms with Gasteiger partial charge in [0.1, 0.15) is 0 Å². The van der Waals surface area contributed by atoms with Gasteiger partial charge in [-0.2, -0.15) is 0 Å². The third-order valence-electron chi connectivity index (χ3n) is 2.16. The van der Waals surface area contributed by atoms with E-state index in [4.69, 9.17) is 0 Å². The second-order valence-corrected chi connectivity index (χ2v) is 4.67. The quantitative estimate of drug-likeness (QED) is 0.704. The molecule has 1 fully saturated rings. The highest BCUT2D eigenvalue weighted by Crippen LogP contribution is 2.21. The van der Waals surface area contributed by atoms with E-state index in [0.717, 1.165) is 11.4 Å². The van der Waals surface area contributed by atoms with Crippen LogP contribution >= 0.6 is 11.8 Å². The molecule has 11 heavy (non-hydrogen) atoms. The molecular weight excluding hydrogens is 154 g/mol. The molecule has 1 heterocycles. The molecule has 0 spiro atoms. The van der Waals surface area contributed by atoms with E-state index in [2.05, 4.69) is 30.9 Å². The van der Waals surface area contributed by atoms with Crippen molar-refractivity contribution in [1.82, 2.24) is 5.32 Å². The van der Waals surface area contributed by atoms with Crippen LogP contribution in [0.25, 0.3) is 0 Å². The van der Waals surface area contributed by atoms with Crippen LogP contribution in [0.4, 0.5) is 0 Å². The Hall–Kier alpha value is 0.310. The molecule has 0 amide bonds. The average molecular weight is 173 g/mol. The molecule has 2 heteroatoms. The molecule has 0 aromatic carbocycles. The Morgan fingerprint density at radius 2 is 2.36 bits per heavy atom. The zero-order valence-electron chi connectivity index (χ0n) is 7.60. The fourth-order valence-corrected chi connectivity index (χ4v) is 2.83. The molecule has 0 aromatic rings. The van der Waals surface area contributed by atoms with Crippen LogP contribution in [0.1, 0.15) is 39.5 Å². The summed E-state index contributed by atoms with van der Waals surface area (Å²) in [5.74, 6) is 1.35. The number of hydrogen-bond acceptors (Lipinski definition) is 2. The lowest BCUT2D eigenvalue weighted by atomic mass is 10.2. The van der Waals surface area contributed by atoms with Crippen molar-refractivity contribution in [3.05, 3.63) is 0 Å². The van der Waals surface area contributed by atoms with Crippen molar-refractivity contribution in [2.75, 3.05) is 5.75 Å². The van der Waals surface area contributed by atoms with Crippen LogP contribution in [0, 0.1) is 0 Å². The fraction of sp³-hybridized carbons (Fsp3) is 1.00. The molecule has 1 nitrogen and oxygen atoms in total. The molecule has 0 bridgehead atoms. The van der Waals surface area contributed by atoms with Gasteiger partial charge in [-0.15, -0.1) is 11.8 Å². The highest BCUT2D eigenvalue weighted by molar-refractivity contribution is 7.99. The number of nitrogens with one attached hydrogen (secondary N) is 1. The molecule has 66 valence electrons. The molecule has 0 radical (unpaired) electrons. The van der Waals surface area contributed by atoms with Gasteiger partial charge in [-0.1, -0.05) is 19.8 Å². The summed E-state index contributed by atoms with van der Waals surface area (Å²) in [6, 6.07) is 0.748. The second-order valence-electron chi connectivity index (χ2n) is 3.36. The molecule has 1 aliphatic rings. The van der Waals surface area contributed by atoms with E-state index in [-0.39, 0.29) is 0 Å². The maximum absolute atomic E-state index is 3.61. The molecule has 0 saturated carbocycles. The van der Waals surface area contributed by atoms with Crippen molar-refractivity contribution in [1.29, 1.82) is 0 Å². The van der Waals surface area contributed by atoms with Gasteiger partial charge in [-0.25, -0.2) is 0 Å². The molecule has 1 aliphatic heterocycles. The van der Waals surface area contributed by atoms with E-state index in [1.54, 1.807) is 0 Å². The lowest BCUT2D eigenvalue weighted by molar-refractivity contribution is 0.476. The van der Waals surface area contributed by atoms with E-state index in [0.29, 0.717) is 0 Å². The smallest absolute Gasteiger partial charge is 0.0534 e. The Kier molecular flexibility index (Phi) is 4.31. The van der Waals surface area contributed by atoms with Gasteiger partial charge in [-0.05, 0) is 25.5 Å². The second kappa shape index (κ2) is 5.04. The first kappa shape index (κ1) is 9.40. The summed E-state index contributed by atoms with van der Waals surface area (Å²) in [4.78, 5) is 0. The molecule has 1 rings (SSSR count). The van der Waals surface area contributed by atoms with Crippen LogP contribution in [0.3, 0.4) is 0 Å². The van der Waals surface area contributed by atoms with E-state index in [1.807, 2.05) is 0 Å². The highest BCUT2D eigenvalue weighted by Gasteiger charge is 2.16. The van der Waals surface area contributed by atoms with Gasteiger partial charge in [0.25, 0.3) is 0 Å². The topological polar surface area (TPSA) is 12.0 Å². The summed E-state index contributed by atoms with van der Waals surface area (Å²) in [6.07, 6.45) is 5.39. The summed E-state index contributed by atoms with van der Waals surface area (Å²) < 4.78 is 0. The SMILES string of the molecule is CCCCC1NC(C)CCS1. The van der Waals surface area contributed by atoms with Crippen molar-refractivity contribution in [3.8, 4) is 0 Å². The molecule has 2 unspecified atom stereocenters. The number of unbranched alkanes of at least 4 members (excludes halogenated alkanes) is 1. The summed E-state index contributed by atoms with van der Waals surface area (Å²) in [6.45, 7) is 4.55. The lowest BCUT2D eigenvalue weighted by Gasteiger charge is -2.28. The third kappa shape index (κ3) is 3.48. The van der Waals surface area contributed by atoms with Crippen molar-refractivity contribution >= 4 is 11.8 Å². The molecule has 1 saturated heterocycles. The monoisotopic (exact) mass is 173 g/mol. The summed E-state index contributed by atoms with van der Waals surface area (Å²) in [5, 5.41) is 4.36. The fourth-order valence-electron chi connectivity index (χ4n) is 1.39. The summed E-state index contributed by atoms with van der Waals surface area (Å²) in [5.41, 5.74) is 0. The van der Waals surface area contributed by atoms with E-state index < -0.39 is 0 Å². The minimum atomic E-state index is 0.748. The Morgan fingerprint density at radius 1 is 1.55 bits per heavy atom. The largest absolute Gasteiger partial charge is 0.303 e. The Morgan fingerprint density at radius 3 is 3.00 bits per heavy atom. The van der Waals surface area contributed by atoms with Crippen LogP contribution < -0.4 is 5.32 Å². The summed E-state index contributed by atoms with van der Waals surface area (Å²) in [7, 11) is 0. The van der Waals surface area contributed by atoms with Crippen LogP contribution in [0.5, 0.6) is 0 Å². The Labute approximate surface area is 74.3 Å². The van der Waals surface area contributed by atoms with Crippen molar-refractivity contribution < 1.29 is 0 Å². The maximum atomic E-state index is 3.61. The zero-order chi connectivity index (χ0) is 8.10. The third-order valence-corrected chi connectivity index (χ3v) is 3.41. The van der Waals surface area contributed by atoms with Crippen molar-refractivity contribution in [2.24, 2.45) is 0 Å². The van der Waals surface area contributed by atoms with Gasteiger partial charge in [0.2, 0.25) is 0 Å². The number of rotatable bonds is 3. The predicted octanol–water partition coefficient (Wildman–Crippen LogP) is 2.62. The van der Waals surface area contributed by atoms with Gasteiger partial charge in [-0.3, -0.25) is 0 Å². The van der Waals surface area contributed by atoms with Gasteiger partial charge in [0.05, 0.1) is 5.37 Å². The van der Waals surface area contributed by atoms with E-state index >= 15 is 0 Å². The molecule has 1 N–H and O–H groups in total. The van der Waals surface area contributed by atoms with Crippen LogP contribution in [-0.4, -0.2) is 17.2 Å². The molecular formula is C9H19NS. The first-order chi connectivity index (χ1) is 5.33. The van der Waals surface area contributed by atoms with Crippen LogP contribution in [-0.2, 0) is 0 Å². The molecule has 2 atom stereocenters. The Balaban J connectivity index is 2.12. The lowest BCUT2D eigenvalue weighted by Crippen LogP contribution is -2.38. The predicted molar refractivity (Wildman–Crippen MR) is 53.0 cm³/mol. The average Bonchev–Trinajstić information content (AvgIpc) is 2.01. The number of hydrogen-bond donors (Lipinski definition) is 1. The normalized spacial score (nSPS) is 32.2. The standard InChI is InChI=1S/C9H19NS/c1-3-4-5-9-10-8(2)6-7-11-9/h8-10H,3-7H2,1-2H3. The van der Waals surface area contributed by atoms with Crippen LogP contribution in [0.15, 0.2) is 0 Å². The molecule has 0 aliphatic carbocycles. The van der Waals surface area contributed by atoms with Crippen LogP contribution in [0.2, 0.25) is 0 Å². The van der Waals surface area contributed by atoms with Crippen molar-refractivity contribution in [2.45, 2.75) is 50.9 Å². The maximum Gasteiger partial charge on any atom is 0.0534 e. The van der Waals surface area contributed by atoms with Gasteiger partial charge in [0.15, 0.2) is 0 Å². The Bertz CT molecular complexity index is 106. The first-order valence-corrected chi connectivity index (χ1v) is 5.75. The van der Waals surface area contributed by atoms with Crippen molar-refractivity contribution in [3.63, 3.8) is 0 Å². The minimum absolute atomic E-state index is 0.748. The van der Waals surface area contributed by atoms with Gasteiger partial charge in [0, 0.05) is 6.04 Å². The molecule has 0 aromatic heterocycles. The highest BCUT2D eigenvalue weighted by atomic mass is 32.2. The van der Waals surface area contributed by atoms with Gasteiger partial charge < -0.3 is 5.32 Å². The number of thioether (sulfide) groups is 1. The minimum Gasteiger partial charge on any atom is -0.303 e. The summed E-state index contributed by atoms with van der Waals surface area (Å²) >= 11 is 2.10.